The Bertz CT molecular complexity index is 1600. The van der Waals surface area contributed by atoms with Gasteiger partial charge in [-0.1, -0.05) is 0 Å². The monoisotopic (exact) mass is 622 g/mol. The lowest BCUT2D eigenvalue weighted by atomic mass is 9.97. The van der Waals surface area contributed by atoms with E-state index in [1.807, 2.05) is 0 Å². The Hall–Kier alpha value is -4.33. The van der Waals surface area contributed by atoms with Gasteiger partial charge < -0.3 is 69.3 Å². The number of aliphatic hydroxyl groups excluding tert-OH is 5. The normalized spacial score (nSPS) is 32.3. The molecule has 17 heteroatoms. The molecule has 2 aliphatic rings. The van der Waals surface area contributed by atoms with Gasteiger partial charge in [-0.15, -0.1) is 0 Å². The van der Waals surface area contributed by atoms with Crippen LogP contribution in [-0.2, 0) is 23.8 Å². The van der Waals surface area contributed by atoms with E-state index in [1.165, 1.54) is 24.3 Å². The van der Waals surface area contributed by atoms with E-state index in [2.05, 4.69) is 0 Å². The molecule has 3 heterocycles. The van der Waals surface area contributed by atoms with Crippen LogP contribution in [0.25, 0.3) is 22.3 Å². The number of fused-ring (bicyclic) bond motifs is 1. The number of carboxylic acids is 2. The number of phenols is 2. The number of aliphatic carboxylic acids is 2. The molecular formula is C27H26O17. The molecule has 10 atom stereocenters. The van der Waals surface area contributed by atoms with E-state index >= 15 is 0 Å². The summed E-state index contributed by atoms with van der Waals surface area (Å²) in [6.45, 7) is 0. The summed E-state index contributed by atoms with van der Waals surface area (Å²) in [4.78, 5) is 36.0. The van der Waals surface area contributed by atoms with E-state index in [1.54, 1.807) is 0 Å². The van der Waals surface area contributed by atoms with Crippen LogP contribution in [0, 0.1) is 0 Å². The maximum absolute atomic E-state index is 12.8. The smallest absolute Gasteiger partial charge is 0.335 e. The van der Waals surface area contributed by atoms with Crippen LogP contribution in [0.4, 0.5) is 0 Å². The third-order valence-corrected chi connectivity index (χ3v) is 7.08. The fourth-order valence-corrected chi connectivity index (χ4v) is 4.81. The van der Waals surface area contributed by atoms with Gasteiger partial charge in [-0.3, -0.25) is 4.79 Å². The number of phenolic OH excluding ortho intramolecular Hbond substituents is 2. The fraction of sp³-hybridized carbons (Fsp3) is 0.370. The molecule has 2 aromatic carbocycles. The highest BCUT2D eigenvalue weighted by molar-refractivity contribution is 5.86. The third kappa shape index (κ3) is 5.77. The lowest BCUT2D eigenvalue weighted by Gasteiger charge is -2.44. The minimum atomic E-state index is -2.15. The van der Waals surface area contributed by atoms with Crippen molar-refractivity contribution < 1.29 is 78.9 Å². The van der Waals surface area contributed by atoms with Gasteiger partial charge in [0.25, 0.3) is 0 Å². The van der Waals surface area contributed by atoms with Crippen molar-refractivity contribution in [3.8, 4) is 28.6 Å². The molecule has 236 valence electrons. The molecule has 0 saturated carbocycles. The molecule has 0 unspecified atom stereocenters. The Kier molecular flexibility index (Phi) is 8.47. The highest BCUT2D eigenvalue weighted by atomic mass is 16.8. The largest absolute Gasteiger partial charge is 0.508 e. The average Bonchev–Trinajstić information content (AvgIpc) is 2.96. The number of aliphatic hydroxyl groups is 5. The summed E-state index contributed by atoms with van der Waals surface area (Å²) in [5, 5.41) is 90.3. The van der Waals surface area contributed by atoms with Crippen molar-refractivity contribution in [2.75, 3.05) is 0 Å². The summed E-state index contributed by atoms with van der Waals surface area (Å²) >= 11 is 0. The molecule has 0 radical (unpaired) electrons. The predicted octanol–water partition coefficient (Wildman–Crippen LogP) is -1.94. The second-order valence-corrected chi connectivity index (χ2v) is 10.0. The predicted molar refractivity (Wildman–Crippen MR) is 139 cm³/mol. The first kappa shape index (κ1) is 31.1. The molecule has 5 rings (SSSR count). The van der Waals surface area contributed by atoms with Crippen molar-refractivity contribution in [3.05, 3.63) is 52.7 Å². The Morgan fingerprint density at radius 2 is 1.32 bits per heavy atom. The third-order valence-electron chi connectivity index (χ3n) is 7.08. The highest BCUT2D eigenvalue weighted by Gasteiger charge is 2.54. The van der Waals surface area contributed by atoms with Gasteiger partial charge in [-0.25, -0.2) is 9.59 Å². The summed E-state index contributed by atoms with van der Waals surface area (Å²) in [5.41, 5.74) is -0.488. The van der Waals surface area contributed by atoms with Gasteiger partial charge >= 0.3 is 11.9 Å². The first-order chi connectivity index (χ1) is 20.8. The van der Waals surface area contributed by atoms with Crippen molar-refractivity contribution in [2.24, 2.45) is 0 Å². The second-order valence-electron chi connectivity index (χ2n) is 10.0. The standard InChI is InChI=1S/C27H26O17/c28-9-3-1-8(2-4-9)13-7-12(30)15-11(29)5-10(6-14(15)41-13)40-27-23(19(34)18(33)22(43-27)25(38)39)44-26-20(35)16(31)17(32)21(42-26)24(36)37/h1-7,16-23,26-29,31-35H,(H,36,37)(H,38,39)/t16-,17+,18+,19-,20+,21-,22-,23+,26-,27+/m0/s1. The minimum Gasteiger partial charge on any atom is -0.508 e. The first-order valence-corrected chi connectivity index (χ1v) is 12.9. The molecule has 2 aliphatic heterocycles. The van der Waals surface area contributed by atoms with Crippen LogP contribution in [0.2, 0.25) is 0 Å². The molecule has 2 fully saturated rings. The summed E-state index contributed by atoms with van der Waals surface area (Å²) in [7, 11) is 0. The Labute approximate surface area is 244 Å². The van der Waals surface area contributed by atoms with Crippen molar-refractivity contribution >= 4 is 22.9 Å². The van der Waals surface area contributed by atoms with Crippen molar-refractivity contribution in [1.82, 2.24) is 0 Å². The first-order valence-electron chi connectivity index (χ1n) is 12.9. The van der Waals surface area contributed by atoms with Crippen molar-refractivity contribution in [3.63, 3.8) is 0 Å². The Balaban J connectivity index is 1.50. The molecular weight excluding hydrogens is 596 g/mol. The number of hydrogen-bond donors (Lipinski definition) is 9. The van der Waals surface area contributed by atoms with Crippen molar-refractivity contribution in [1.29, 1.82) is 0 Å². The van der Waals surface area contributed by atoms with Gasteiger partial charge in [0.1, 0.15) is 64.5 Å². The van der Waals surface area contributed by atoms with Crippen LogP contribution in [0.1, 0.15) is 0 Å². The molecule has 0 bridgehead atoms. The molecule has 1 aromatic heterocycles. The number of ether oxygens (including phenoxy) is 4. The molecule has 2 saturated heterocycles. The van der Waals surface area contributed by atoms with Crippen LogP contribution in [0.3, 0.4) is 0 Å². The number of benzene rings is 2. The Morgan fingerprint density at radius 3 is 1.93 bits per heavy atom. The van der Waals surface area contributed by atoms with Gasteiger partial charge in [0, 0.05) is 23.8 Å². The maximum Gasteiger partial charge on any atom is 0.335 e. The minimum absolute atomic E-state index is 0.0378. The molecule has 0 spiro atoms. The number of hydrogen-bond acceptors (Lipinski definition) is 15. The lowest BCUT2D eigenvalue weighted by Crippen LogP contribution is -2.66. The summed E-state index contributed by atoms with van der Waals surface area (Å²) in [6, 6.07) is 8.76. The molecule has 0 amide bonds. The van der Waals surface area contributed by atoms with Gasteiger partial charge in [-0.2, -0.15) is 0 Å². The van der Waals surface area contributed by atoms with Crippen LogP contribution >= 0.6 is 0 Å². The van der Waals surface area contributed by atoms with Crippen LogP contribution in [0.5, 0.6) is 17.2 Å². The van der Waals surface area contributed by atoms with Gasteiger partial charge in [0.2, 0.25) is 6.29 Å². The lowest BCUT2D eigenvalue weighted by molar-refractivity contribution is -0.350. The van der Waals surface area contributed by atoms with Crippen LogP contribution in [-0.4, -0.2) is 119 Å². The zero-order valence-electron chi connectivity index (χ0n) is 22.1. The molecule has 17 nitrogen and oxygen atoms in total. The molecule has 44 heavy (non-hydrogen) atoms. The molecule has 9 N–H and O–H groups in total. The summed E-state index contributed by atoms with van der Waals surface area (Å²) in [5.74, 6) is -4.45. The van der Waals surface area contributed by atoms with E-state index in [0.717, 1.165) is 18.2 Å². The average molecular weight is 622 g/mol. The highest BCUT2D eigenvalue weighted by Crippen LogP contribution is 2.35. The second kappa shape index (κ2) is 12.0. The zero-order chi connectivity index (χ0) is 32.0. The number of aromatic hydroxyl groups is 2. The van der Waals surface area contributed by atoms with E-state index in [0.29, 0.717) is 5.56 Å². The van der Waals surface area contributed by atoms with E-state index in [9.17, 15) is 60.3 Å². The van der Waals surface area contributed by atoms with E-state index in [-0.39, 0.29) is 28.2 Å². The number of rotatable bonds is 7. The molecule has 0 aliphatic carbocycles. The maximum atomic E-state index is 12.8. The van der Waals surface area contributed by atoms with Crippen LogP contribution in [0.15, 0.2) is 51.7 Å². The van der Waals surface area contributed by atoms with Gasteiger partial charge in [0.15, 0.2) is 30.0 Å². The Morgan fingerprint density at radius 1 is 0.727 bits per heavy atom. The SMILES string of the molecule is O=C(O)[C@H]1O[C@@H](O[C@H]2[C@H](Oc3cc(O)c4c(=O)cc(-c5ccc(O)cc5)oc4c3)O[C@H](C(=O)O)[C@H](O)[C@@H]2O)[C@H](O)[C@@H](O)[C@H]1O. The summed E-state index contributed by atoms with van der Waals surface area (Å²) < 4.78 is 27.2. The van der Waals surface area contributed by atoms with Gasteiger partial charge in [-0.05, 0) is 24.3 Å². The van der Waals surface area contributed by atoms with Gasteiger partial charge in [0.05, 0.1) is 0 Å². The van der Waals surface area contributed by atoms with Crippen LogP contribution < -0.4 is 10.2 Å². The number of carbonyl (C=O) groups is 2. The van der Waals surface area contributed by atoms with E-state index in [4.69, 9.17) is 23.4 Å². The fourth-order valence-electron chi connectivity index (χ4n) is 4.81. The summed E-state index contributed by atoms with van der Waals surface area (Å²) in [6.07, 6.45) is -20.8. The van der Waals surface area contributed by atoms with E-state index < -0.39 is 84.5 Å². The topological polar surface area (TPSA) is 283 Å². The quantitative estimate of drug-likeness (QED) is 0.138. The molecule has 3 aromatic rings. The number of carboxylic acid groups (broad SMARTS) is 2. The van der Waals surface area contributed by atoms with Crippen molar-refractivity contribution in [2.45, 2.75) is 61.4 Å². The zero-order valence-corrected chi connectivity index (χ0v) is 22.1.